The molecule has 30 heavy (non-hydrogen) atoms. The Morgan fingerprint density at radius 3 is 2.43 bits per heavy atom. The van der Waals surface area contributed by atoms with Gasteiger partial charge in [0, 0.05) is 18.2 Å². The fourth-order valence-electron chi connectivity index (χ4n) is 3.67. The van der Waals surface area contributed by atoms with Gasteiger partial charge in [0.2, 0.25) is 5.95 Å². The summed E-state index contributed by atoms with van der Waals surface area (Å²) in [5, 5.41) is 2.62. The van der Waals surface area contributed by atoms with Gasteiger partial charge in [-0.05, 0) is 53.6 Å². The van der Waals surface area contributed by atoms with Crippen LogP contribution in [0.3, 0.4) is 0 Å². The molecule has 1 atom stereocenters. The molecule has 0 unspecified atom stereocenters. The van der Waals surface area contributed by atoms with Crippen molar-refractivity contribution in [3.05, 3.63) is 88.5 Å². The van der Waals surface area contributed by atoms with Crippen molar-refractivity contribution in [2.45, 2.75) is 38.5 Å². The minimum Gasteiger partial charge on any atom is -0.294 e. The first kappa shape index (κ1) is 19.9. The van der Waals surface area contributed by atoms with Gasteiger partial charge in [0.05, 0.1) is 11.3 Å². The van der Waals surface area contributed by atoms with E-state index in [1.165, 1.54) is 36.0 Å². The van der Waals surface area contributed by atoms with Crippen LogP contribution >= 0.6 is 0 Å². The zero-order valence-electron chi connectivity index (χ0n) is 16.9. The van der Waals surface area contributed by atoms with E-state index in [2.05, 4.69) is 53.4 Å². The van der Waals surface area contributed by atoms with Crippen molar-refractivity contribution >= 4 is 17.6 Å². The Morgan fingerprint density at radius 2 is 1.77 bits per heavy atom. The Hall–Kier alpha value is -3.41. The quantitative estimate of drug-likeness (QED) is 0.672. The second-order valence-electron chi connectivity index (χ2n) is 7.86. The maximum absolute atomic E-state index is 13.1. The number of nitrogens with one attached hydrogen (secondary N) is 1. The number of fused-ring (bicyclic) bond motifs is 1. The van der Waals surface area contributed by atoms with E-state index in [1.54, 1.807) is 0 Å². The number of anilines is 1. The molecule has 0 aliphatic heterocycles. The standard InChI is InChI=1S/C24H22FN3O2/c1-14(2)15-3-5-16(6-4-15)18-11-21-20(22(29)12-18)13-26-24(27-21)28-23(30)17-7-9-19(25)10-8-17/h3-10,13-14,18H,11-12H2,1-2H3,(H,26,27,28,30)/t18-/m1/s1. The third-order valence-electron chi connectivity index (χ3n) is 5.45. The molecule has 1 amide bonds. The van der Waals surface area contributed by atoms with Crippen LogP contribution in [0, 0.1) is 5.82 Å². The van der Waals surface area contributed by atoms with E-state index in [1.807, 2.05) is 0 Å². The molecular formula is C24H22FN3O2. The summed E-state index contributed by atoms with van der Waals surface area (Å²) >= 11 is 0. The fourth-order valence-corrected chi connectivity index (χ4v) is 3.67. The SMILES string of the molecule is CC(C)c1ccc([C@H]2CC(=O)c3cnc(NC(=O)c4ccc(F)cc4)nc3C2)cc1. The van der Waals surface area contributed by atoms with Gasteiger partial charge in [0.25, 0.3) is 5.91 Å². The smallest absolute Gasteiger partial charge is 0.258 e. The van der Waals surface area contributed by atoms with E-state index in [4.69, 9.17) is 0 Å². The van der Waals surface area contributed by atoms with Crippen molar-refractivity contribution < 1.29 is 14.0 Å². The van der Waals surface area contributed by atoms with Crippen molar-refractivity contribution in [1.29, 1.82) is 0 Å². The lowest BCUT2D eigenvalue weighted by Gasteiger charge is -2.23. The third kappa shape index (κ3) is 4.13. The number of hydrogen-bond donors (Lipinski definition) is 1. The Morgan fingerprint density at radius 1 is 1.07 bits per heavy atom. The highest BCUT2D eigenvalue weighted by molar-refractivity contribution is 6.03. The Labute approximate surface area is 174 Å². The van der Waals surface area contributed by atoms with Gasteiger partial charge in [0.15, 0.2) is 5.78 Å². The summed E-state index contributed by atoms with van der Waals surface area (Å²) in [7, 11) is 0. The molecule has 1 aliphatic rings. The lowest BCUT2D eigenvalue weighted by Crippen LogP contribution is -2.22. The van der Waals surface area contributed by atoms with E-state index in [0.29, 0.717) is 35.6 Å². The van der Waals surface area contributed by atoms with Gasteiger partial charge in [0.1, 0.15) is 5.82 Å². The van der Waals surface area contributed by atoms with E-state index in [-0.39, 0.29) is 17.6 Å². The molecule has 152 valence electrons. The van der Waals surface area contributed by atoms with Crippen LogP contribution in [0.5, 0.6) is 0 Å². The zero-order chi connectivity index (χ0) is 21.3. The maximum atomic E-state index is 13.1. The predicted molar refractivity (Wildman–Crippen MR) is 112 cm³/mol. The second-order valence-corrected chi connectivity index (χ2v) is 7.86. The number of carbonyl (C=O) groups is 2. The molecule has 0 radical (unpaired) electrons. The summed E-state index contributed by atoms with van der Waals surface area (Å²) in [5.74, 6) is -0.215. The Balaban J connectivity index is 1.54. The first-order chi connectivity index (χ1) is 14.4. The highest BCUT2D eigenvalue weighted by Gasteiger charge is 2.28. The minimum absolute atomic E-state index is 0.00518. The van der Waals surface area contributed by atoms with Crippen molar-refractivity contribution in [3.63, 3.8) is 0 Å². The number of aromatic nitrogens is 2. The van der Waals surface area contributed by atoms with E-state index >= 15 is 0 Å². The summed E-state index contributed by atoms with van der Waals surface area (Å²) in [6, 6.07) is 13.6. The molecule has 6 heteroatoms. The maximum Gasteiger partial charge on any atom is 0.258 e. The van der Waals surface area contributed by atoms with Gasteiger partial charge in [-0.1, -0.05) is 38.1 Å². The van der Waals surface area contributed by atoms with Crippen LogP contribution in [0.1, 0.15) is 69.6 Å². The van der Waals surface area contributed by atoms with Crippen molar-refractivity contribution in [2.75, 3.05) is 5.32 Å². The number of rotatable bonds is 4. The topological polar surface area (TPSA) is 72.0 Å². The first-order valence-electron chi connectivity index (χ1n) is 9.96. The van der Waals surface area contributed by atoms with Crippen molar-refractivity contribution in [1.82, 2.24) is 9.97 Å². The largest absolute Gasteiger partial charge is 0.294 e. The number of hydrogen-bond acceptors (Lipinski definition) is 4. The number of Topliss-reactive ketones (excluding diaryl/α,β-unsaturated/α-hetero) is 1. The summed E-state index contributed by atoms with van der Waals surface area (Å²) in [6.45, 7) is 4.29. The normalized spacial score (nSPS) is 15.7. The average Bonchev–Trinajstić information content (AvgIpc) is 2.74. The first-order valence-corrected chi connectivity index (χ1v) is 9.96. The molecule has 2 aromatic carbocycles. The monoisotopic (exact) mass is 403 g/mol. The number of halogens is 1. The van der Waals surface area contributed by atoms with Gasteiger partial charge in [-0.2, -0.15) is 0 Å². The molecule has 1 N–H and O–H groups in total. The molecule has 0 fully saturated rings. The van der Waals surface area contributed by atoms with Crippen LogP contribution in [0.2, 0.25) is 0 Å². The third-order valence-corrected chi connectivity index (χ3v) is 5.45. The summed E-state index contributed by atoms with van der Waals surface area (Å²) in [5.41, 5.74) is 3.80. The van der Waals surface area contributed by atoms with E-state index < -0.39 is 11.7 Å². The lowest BCUT2D eigenvalue weighted by atomic mass is 9.81. The van der Waals surface area contributed by atoms with Crippen LogP contribution < -0.4 is 5.32 Å². The molecule has 4 rings (SSSR count). The fraction of sp³-hybridized carbons (Fsp3) is 0.250. The van der Waals surface area contributed by atoms with E-state index in [9.17, 15) is 14.0 Å². The number of amides is 1. The van der Waals surface area contributed by atoms with Gasteiger partial charge >= 0.3 is 0 Å². The number of ketones is 1. The molecular weight excluding hydrogens is 381 g/mol. The lowest BCUT2D eigenvalue weighted by molar-refractivity contribution is 0.0962. The van der Waals surface area contributed by atoms with E-state index in [0.717, 1.165) is 5.56 Å². The Kier molecular flexibility index (Phi) is 5.40. The van der Waals surface area contributed by atoms with Crippen LogP contribution in [0.4, 0.5) is 10.3 Å². The molecule has 1 heterocycles. The van der Waals surface area contributed by atoms with Gasteiger partial charge in [-0.3, -0.25) is 14.9 Å². The molecule has 0 saturated heterocycles. The van der Waals surface area contributed by atoms with Crippen LogP contribution in [0.25, 0.3) is 0 Å². The molecule has 3 aromatic rings. The molecule has 1 aromatic heterocycles. The highest BCUT2D eigenvalue weighted by atomic mass is 19.1. The summed E-state index contributed by atoms with van der Waals surface area (Å²) in [6.07, 6.45) is 2.49. The summed E-state index contributed by atoms with van der Waals surface area (Å²) in [4.78, 5) is 33.5. The zero-order valence-corrected chi connectivity index (χ0v) is 16.9. The Bertz CT molecular complexity index is 1090. The molecule has 0 spiro atoms. The van der Waals surface area contributed by atoms with Crippen LogP contribution in [0.15, 0.2) is 54.7 Å². The number of carbonyl (C=O) groups excluding carboxylic acids is 2. The summed E-state index contributed by atoms with van der Waals surface area (Å²) < 4.78 is 13.1. The molecule has 5 nitrogen and oxygen atoms in total. The van der Waals surface area contributed by atoms with Crippen molar-refractivity contribution in [2.24, 2.45) is 0 Å². The van der Waals surface area contributed by atoms with Gasteiger partial charge in [-0.15, -0.1) is 0 Å². The highest BCUT2D eigenvalue weighted by Crippen LogP contribution is 2.32. The number of benzene rings is 2. The number of nitrogens with zero attached hydrogens (tertiary/aromatic N) is 2. The van der Waals surface area contributed by atoms with Crippen LogP contribution in [-0.2, 0) is 6.42 Å². The van der Waals surface area contributed by atoms with Gasteiger partial charge in [-0.25, -0.2) is 14.4 Å². The minimum atomic E-state index is -0.432. The van der Waals surface area contributed by atoms with Crippen molar-refractivity contribution in [3.8, 4) is 0 Å². The second kappa shape index (κ2) is 8.14. The molecule has 1 aliphatic carbocycles. The van der Waals surface area contributed by atoms with Crippen LogP contribution in [-0.4, -0.2) is 21.7 Å². The van der Waals surface area contributed by atoms with Gasteiger partial charge < -0.3 is 0 Å². The average molecular weight is 403 g/mol. The predicted octanol–water partition coefficient (Wildman–Crippen LogP) is 4.90. The molecule has 0 saturated carbocycles. The molecule has 0 bridgehead atoms.